The van der Waals surface area contributed by atoms with Crippen LogP contribution in [-0.2, 0) is 14.1 Å². The number of hydrogen-bond acceptors (Lipinski definition) is 4. The molecule has 3 rings (SSSR count). The second-order valence-corrected chi connectivity index (χ2v) is 5.18. The molecule has 6 heteroatoms. The fraction of sp³-hybridized carbons (Fsp3) is 0.273. The van der Waals surface area contributed by atoms with Crippen LogP contribution in [-0.4, -0.2) is 13.9 Å². The van der Waals surface area contributed by atoms with E-state index in [0.29, 0.717) is 10.3 Å². The van der Waals surface area contributed by atoms with E-state index < -0.39 is 0 Å². The smallest absolute Gasteiger partial charge is 0.266 e. The molecule has 0 fully saturated rings. The molecule has 0 amide bonds. The Balaban J connectivity index is 2.52. The van der Waals surface area contributed by atoms with Crippen LogP contribution in [0, 0.1) is 6.92 Å². The van der Waals surface area contributed by atoms with Gasteiger partial charge in [-0.2, -0.15) is 0 Å². The molecular formula is C11H11N4OS+. The predicted molar refractivity (Wildman–Crippen MR) is 66.1 cm³/mol. The maximum atomic E-state index is 11.8. The molecule has 0 saturated carbocycles. The molecule has 0 aromatic carbocycles. The Bertz CT molecular complexity index is 802. The molecule has 0 spiro atoms. The number of rotatable bonds is 0. The molecule has 17 heavy (non-hydrogen) atoms. The lowest BCUT2D eigenvalue weighted by atomic mass is 10.3. The van der Waals surface area contributed by atoms with E-state index in [9.17, 15) is 4.79 Å². The molecule has 0 aliphatic carbocycles. The van der Waals surface area contributed by atoms with Gasteiger partial charge in [-0.25, -0.2) is 14.5 Å². The van der Waals surface area contributed by atoms with Crippen molar-refractivity contribution in [1.29, 1.82) is 0 Å². The van der Waals surface area contributed by atoms with E-state index in [4.69, 9.17) is 0 Å². The number of aryl methyl sites for hydroxylation is 3. The second kappa shape index (κ2) is 3.33. The van der Waals surface area contributed by atoms with Gasteiger partial charge >= 0.3 is 0 Å². The molecular weight excluding hydrogens is 236 g/mol. The van der Waals surface area contributed by atoms with Gasteiger partial charge < -0.3 is 0 Å². The van der Waals surface area contributed by atoms with Crippen LogP contribution in [0.15, 0.2) is 17.1 Å². The average molecular weight is 247 g/mol. The number of fused-ring (bicyclic) bond motifs is 2. The van der Waals surface area contributed by atoms with Crippen molar-refractivity contribution < 1.29 is 4.57 Å². The normalized spacial score (nSPS) is 11.5. The summed E-state index contributed by atoms with van der Waals surface area (Å²) in [4.78, 5) is 21.4. The zero-order valence-electron chi connectivity index (χ0n) is 9.76. The Kier molecular flexibility index (Phi) is 2.03. The third kappa shape index (κ3) is 1.44. The molecule has 0 unspecified atom stereocenters. The average Bonchev–Trinajstić information content (AvgIpc) is 2.54. The number of nitrogens with zero attached hydrogens (tertiary/aromatic N) is 4. The molecule has 0 atom stereocenters. The molecule has 3 aromatic heterocycles. The summed E-state index contributed by atoms with van der Waals surface area (Å²) in [5, 5.41) is 0. The maximum Gasteiger partial charge on any atom is 0.288 e. The van der Waals surface area contributed by atoms with Gasteiger partial charge in [0.15, 0.2) is 27.8 Å². The van der Waals surface area contributed by atoms with E-state index in [1.807, 2.05) is 30.8 Å². The van der Waals surface area contributed by atoms with Crippen LogP contribution in [0.5, 0.6) is 0 Å². The SMILES string of the molecule is Cc1cc2nc3c(=O)n(C)sc3nc2c[n+]1C. The van der Waals surface area contributed by atoms with E-state index in [-0.39, 0.29) is 5.56 Å². The highest BCUT2D eigenvalue weighted by atomic mass is 32.1. The molecule has 3 heterocycles. The topological polar surface area (TPSA) is 51.7 Å². The Morgan fingerprint density at radius 2 is 2.12 bits per heavy atom. The highest BCUT2D eigenvalue weighted by Crippen LogP contribution is 2.16. The van der Waals surface area contributed by atoms with Crippen molar-refractivity contribution in [3.8, 4) is 0 Å². The van der Waals surface area contributed by atoms with E-state index in [2.05, 4.69) is 9.97 Å². The molecule has 0 saturated heterocycles. The zero-order valence-corrected chi connectivity index (χ0v) is 10.6. The first-order valence-electron chi connectivity index (χ1n) is 5.20. The summed E-state index contributed by atoms with van der Waals surface area (Å²) in [6.45, 7) is 2.00. The van der Waals surface area contributed by atoms with Gasteiger partial charge in [-0.15, -0.1) is 0 Å². The maximum absolute atomic E-state index is 11.8. The molecule has 0 aliphatic rings. The molecule has 3 aromatic rings. The van der Waals surface area contributed by atoms with Crippen molar-refractivity contribution in [2.45, 2.75) is 6.92 Å². The monoisotopic (exact) mass is 247 g/mol. The first-order chi connectivity index (χ1) is 8.06. The lowest BCUT2D eigenvalue weighted by Crippen LogP contribution is -2.31. The second-order valence-electron chi connectivity index (χ2n) is 4.07. The van der Waals surface area contributed by atoms with Gasteiger partial charge in [0.05, 0.1) is 0 Å². The van der Waals surface area contributed by atoms with E-state index >= 15 is 0 Å². The first-order valence-corrected chi connectivity index (χ1v) is 5.97. The van der Waals surface area contributed by atoms with Crippen molar-refractivity contribution in [2.75, 3.05) is 0 Å². The van der Waals surface area contributed by atoms with Gasteiger partial charge in [0, 0.05) is 20.0 Å². The van der Waals surface area contributed by atoms with Crippen molar-refractivity contribution in [3.05, 3.63) is 28.3 Å². The Morgan fingerprint density at radius 3 is 2.88 bits per heavy atom. The molecule has 86 valence electrons. The molecule has 0 bridgehead atoms. The van der Waals surface area contributed by atoms with E-state index in [1.54, 1.807) is 11.0 Å². The highest BCUT2D eigenvalue weighted by Gasteiger charge is 2.12. The summed E-state index contributed by atoms with van der Waals surface area (Å²) >= 11 is 1.32. The fourth-order valence-corrected chi connectivity index (χ4v) is 2.54. The van der Waals surface area contributed by atoms with Crippen LogP contribution in [0.25, 0.3) is 21.4 Å². The highest BCUT2D eigenvalue weighted by molar-refractivity contribution is 7.13. The Morgan fingerprint density at radius 1 is 1.35 bits per heavy atom. The van der Waals surface area contributed by atoms with Crippen molar-refractivity contribution in [2.24, 2.45) is 14.1 Å². The summed E-state index contributed by atoms with van der Waals surface area (Å²) in [5.41, 5.74) is 3.04. The van der Waals surface area contributed by atoms with Gasteiger partial charge in [0.25, 0.3) is 5.56 Å². The van der Waals surface area contributed by atoms with Crippen molar-refractivity contribution in [3.63, 3.8) is 0 Å². The summed E-state index contributed by atoms with van der Waals surface area (Å²) in [5.74, 6) is 0. The summed E-state index contributed by atoms with van der Waals surface area (Å²) in [6, 6.07) is 1.94. The largest absolute Gasteiger partial charge is 0.288 e. The van der Waals surface area contributed by atoms with Crippen molar-refractivity contribution >= 4 is 32.9 Å². The van der Waals surface area contributed by atoms with E-state index in [1.165, 1.54) is 11.5 Å². The van der Waals surface area contributed by atoms with Gasteiger partial charge in [-0.3, -0.25) is 8.75 Å². The fourth-order valence-electron chi connectivity index (χ4n) is 1.75. The van der Waals surface area contributed by atoms with Crippen LogP contribution >= 0.6 is 11.5 Å². The number of hydrogen-bond donors (Lipinski definition) is 0. The summed E-state index contributed by atoms with van der Waals surface area (Å²) < 4.78 is 3.55. The minimum atomic E-state index is -0.0784. The molecule has 0 radical (unpaired) electrons. The number of pyridine rings is 1. The molecule has 0 aliphatic heterocycles. The first kappa shape index (κ1) is 10.3. The summed E-state index contributed by atoms with van der Waals surface area (Å²) in [6.07, 6.45) is 1.93. The lowest BCUT2D eigenvalue weighted by Gasteiger charge is -1.97. The predicted octanol–water partition coefficient (Wildman–Crippen LogP) is 0.676. The van der Waals surface area contributed by atoms with Gasteiger partial charge in [-0.1, -0.05) is 0 Å². The van der Waals surface area contributed by atoms with Crippen LogP contribution in [0.4, 0.5) is 0 Å². The lowest BCUT2D eigenvalue weighted by molar-refractivity contribution is -0.676. The van der Waals surface area contributed by atoms with Gasteiger partial charge in [-0.05, 0) is 11.5 Å². The van der Waals surface area contributed by atoms with Crippen LogP contribution < -0.4 is 10.1 Å². The minimum absolute atomic E-state index is 0.0784. The summed E-state index contributed by atoms with van der Waals surface area (Å²) in [7, 11) is 3.69. The quantitative estimate of drug-likeness (QED) is 0.549. The number of aromatic nitrogens is 4. The standard InChI is InChI=1S/C11H11N4OS/c1-6-4-7-8(5-14(6)2)13-10-9(12-7)11(16)15(3)17-10/h4-5H,1-3H3/q+1. The Labute approximate surface area is 101 Å². The van der Waals surface area contributed by atoms with Crippen molar-refractivity contribution in [1.82, 2.24) is 13.9 Å². The third-order valence-corrected chi connectivity index (χ3v) is 3.75. The van der Waals surface area contributed by atoms with Gasteiger partial charge in [0.2, 0.25) is 0 Å². The Hall–Kier alpha value is -1.82. The minimum Gasteiger partial charge on any atom is -0.266 e. The molecule has 0 N–H and O–H groups in total. The van der Waals surface area contributed by atoms with Gasteiger partial charge in [0.1, 0.15) is 12.6 Å². The van der Waals surface area contributed by atoms with Crippen LogP contribution in [0.3, 0.4) is 0 Å². The molecule has 5 nitrogen and oxygen atoms in total. The van der Waals surface area contributed by atoms with Crippen LogP contribution in [0.2, 0.25) is 0 Å². The third-order valence-electron chi connectivity index (χ3n) is 2.85. The zero-order chi connectivity index (χ0) is 12.2. The van der Waals surface area contributed by atoms with E-state index in [0.717, 1.165) is 16.7 Å². The van der Waals surface area contributed by atoms with Crippen LogP contribution in [0.1, 0.15) is 5.69 Å².